The SMILES string of the molecule is Cc1cnn(CCNC#N)c1. The van der Waals surface area contributed by atoms with Crippen LogP contribution in [0, 0.1) is 18.4 Å². The normalized spacial score (nSPS) is 9.09. The van der Waals surface area contributed by atoms with Crippen LogP contribution in [0.4, 0.5) is 0 Å². The fourth-order valence-corrected chi connectivity index (χ4v) is 0.816. The van der Waals surface area contributed by atoms with Crippen molar-refractivity contribution in [1.82, 2.24) is 15.1 Å². The molecule has 0 aliphatic rings. The molecule has 0 saturated carbocycles. The van der Waals surface area contributed by atoms with Crippen molar-refractivity contribution in [3.63, 3.8) is 0 Å². The Morgan fingerprint density at radius 1 is 1.82 bits per heavy atom. The van der Waals surface area contributed by atoms with Crippen molar-refractivity contribution in [2.24, 2.45) is 0 Å². The van der Waals surface area contributed by atoms with Gasteiger partial charge in [0.1, 0.15) is 0 Å². The van der Waals surface area contributed by atoms with Crippen molar-refractivity contribution >= 4 is 0 Å². The quantitative estimate of drug-likeness (QED) is 0.382. The Bertz CT molecular complexity index is 258. The molecule has 1 rings (SSSR count). The Kier molecular flexibility index (Phi) is 2.50. The number of hydrogen-bond donors (Lipinski definition) is 1. The van der Waals surface area contributed by atoms with Gasteiger partial charge < -0.3 is 5.32 Å². The molecule has 1 aromatic rings. The maximum absolute atomic E-state index is 8.16. The third-order valence-corrected chi connectivity index (χ3v) is 1.31. The van der Waals surface area contributed by atoms with Gasteiger partial charge in [0, 0.05) is 12.7 Å². The molecule has 0 bridgehead atoms. The van der Waals surface area contributed by atoms with E-state index in [9.17, 15) is 0 Å². The largest absolute Gasteiger partial charge is 0.322 e. The lowest BCUT2D eigenvalue weighted by molar-refractivity contribution is 0.598. The zero-order valence-corrected chi connectivity index (χ0v) is 6.41. The first-order valence-corrected chi connectivity index (χ1v) is 3.44. The Labute approximate surface area is 65.4 Å². The lowest BCUT2D eigenvalue weighted by Gasteiger charge is -1.97. The first kappa shape index (κ1) is 7.61. The van der Waals surface area contributed by atoms with Crippen LogP contribution in [-0.2, 0) is 6.54 Å². The lowest BCUT2D eigenvalue weighted by atomic mass is 10.4. The number of nitriles is 1. The molecule has 4 heteroatoms. The van der Waals surface area contributed by atoms with E-state index >= 15 is 0 Å². The summed E-state index contributed by atoms with van der Waals surface area (Å²) in [5.74, 6) is 0. The van der Waals surface area contributed by atoms with Gasteiger partial charge in [0.2, 0.25) is 0 Å². The molecule has 0 aromatic carbocycles. The predicted octanol–water partition coefficient (Wildman–Crippen LogP) is 0.262. The Balaban J connectivity index is 2.34. The summed E-state index contributed by atoms with van der Waals surface area (Å²) < 4.78 is 1.81. The summed E-state index contributed by atoms with van der Waals surface area (Å²) in [5.41, 5.74) is 1.14. The topological polar surface area (TPSA) is 53.6 Å². The summed E-state index contributed by atoms with van der Waals surface area (Å²) >= 11 is 0. The molecule has 0 atom stereocenters. The van der Waals surface area contributed by atoms with Gasteiger partial charge >= 0.3 is 0 Å². The van der Waals surface area contributed by atoms with Crippen LogP contribution >= 0.6 is 0 Å². The van der Waals surface area contributed by atoms with E-state index in [1.165, 1.54) is 0 Å². The second-order valence-electron chi connectivity index (χ2n) is 2.32. The molecular formula is C7H10N4. The molecule has 1 N–H and O–H groups in total. The van der Waals surface area contributed by atoms with E-state index in [4.69, 9.17) is 5.26 Å². The predicted molar refractivity (Wildman–Crippen MR) is 40.6 cm³/mol. The van der Waals surface area contributed by atoms with E-state index in [0.717, 1.165) is 12.1 Å². The highest BCUT2D eigenvalue weighted by atomic mass is 15.3. The molecular weight excluding hydrogens is 140 g/mol. The average molecular weight is 150 g/mol. The molecule has 1 aromatic heterocycles. The highest BCUT2D eigenvalue weighted by molar-refractivity contribution is 4.99. The Morgan fingerprint density at radius 2 is 2.64 bits per heavy atom. The molecule has 0 fully saturated rings. The summed E-state index contributed by atoms with van der Waals surface area (Å²) in [5, 5.41) is 14.8. The third kappa shape index (κ3) is 2.30. The van der Waals surface area contributed by atoms with E-state index in [-0.39, 0.29) is 0 Å². The minimum absolute atomic E-state index is 0.637. The molecule has 0 aliphatic carbocycles. The molecule has 0 saturated heterocycles. The number of aromatic nitrogens is 2. The van der Waals surface area contributed by atoms with E-state index in [2.05, 4.69) is 10.4 Å². The first-order valence-electron chi connectivity index (χ1n) is 3.44. The number of nitrogens with one attached hydrogen (secondary N) is 1. The van der Waals surface area contributed by atoms with Crippen molar-refractivity contribution in [1.29, 1.82) is 5.26 Å². The van der Waals surface area contributed by atoms with Gasteiger partial charge in [0.15, 0.2) is 6.19 Å². The molecule has 1 heterocycles. The molecule has 0 aliphatic heterocycles. The van der Waals surface area contributed by atoms with Crippen LogP contribution in [0.3, 0.4) is 0 Å². The summed E-state index contributed by atoms with van der Waals surface area (Å²) in [4.78, 5) is 0. The van der Waals surface area contributed by atoms with Gasteiger partial charge in [-0.05, 0) is 12.5 Å². The van der Waals surface area contributed by atoms with Crippen LogP contribution in [-0.4, -0.2) is 16.3 Å². The van der Waals surface area contributed by atoms with E-state index < -0.39 is 0 Å². The molecule has 0 unspecified atom stereocenters. The summed E-state index contributed by atoms with van der Waals surface area (Å²) in [6.07, 6.45) is 5.60. The number of hydrogen-bond acceptors (Lipinski definition) is 3. The number of aryl methyl sites for hydroxylation is 1. The van der Waals surface area contributed by atoms with Crippen molar-refractivity contribution in [2.75, 3.05) is 6.54 Å². The van der Waals surface area contributed by atoms with Crippen molar-refractivity contribution in [2.45, 2.75) is 13.5 Å². The molecule has 4 nitrogen and oxygen atoms in total. The minimum atomic E-state index is 0.637. The first-order chi connectivity index (χ1) is 5.33. The second kappa shape index (κ2) is 3.62. The van der Waals surface area contributed by atoms with Crippen LogP contribution in [0.2, 0.25) is 0 Å². The van der Waals surface area contributed by atoms with Crippen LogP contribution in [0.15, 0.2) is 12.4 Å². The Hall–Kier alpha value is -1.50. The van der Waals surface area contributed by atoms with Crippen LogP contribution in [0.1, 0.15) is 5.56 Å². The summed E-state index contributed by atoms with van der Waals surface area (Å²) in [6.45, 7) is 3.36. The van der Waals surface area contributed by atoms with Gasteiger partial charge in [-0.1, -0.05) is 0 Å². The standard InChI is InChI=1S/C7H10N4/c1-7-4-10-11(5-7)3-2-9-6-8/h4-5,9H,2-3H2,1H3. The number of nitrogens with zero attached hydrogens (tertiary/aromatic N) is 3. The summed E-state index contributed by atoms with van der Waals surface area (Å²) in [6, 6.07) is 0. The van der Waals surface area contributed by atoms with Gasteiger partial charge in [-0.3, -0.25) is 4.68 Å². The molecule has 11 heavy (non-hydrogen) atoms. The fraction of sp³-hybridized carbons (Fsp3) is 0.429. The van der Waals surface area contributed by atoms with E-state index in [1.807, 2.05) is 19.3 Å². The molecule has 0 amide bonds. The highest BCUT2D eigenvalue weighted by Gasteiger charge is 1.91. The van der Waals surface area contributed by atoms with E-state index in [0.29, 0.717) is 6.54 Å². The third-order valence-electron chi connectivity index (χ3n) is 1.31. The van der Waals surface area contributed by atoms with Gasteiger partial charge in [-0.15, -0.1) is 0 Å². The minimum Gasteiger partial charge on any atom is -0.322 e. The monoisotopic (exact) mass is 150 g/mol. The van der Waals surface area contributed by atoms with Gasteiger partial charge in [-0.2, -0.15) is 10.4 Å². The lowest BCUT2D eigenvalue weighted by Crippen LogP contribution is -2.14. The van der Waals surface area contributed by atoms with Crippen molar-refractivity contribution < 1.29 is 0 Å². The van der Waals surface area contributed by atoms with Gasteiger partial charge in [0.25, 0.3) is 0 Å². The zero-order chi connectivity index (χ0) is 8.10. The van der Waals surface area contributed by atoms with Crippen molar-refractivity contribution in [3.05, 3.63) is 18.0 Å². The van der Waals surface area contributed by atoms with Crippen LogP contribution < -0.4 is 5.32 Å². The molecule has 58 valence electrons. The highest BCUT2D eigenvalue weighted by Crippen LogP contribution is 1.92. The zero-order valence-electron chi connectivity index (χ0n) is 6.41. The van der Waals surface area contributed by atoms with Crippen LogP contribution in [0.25, 0.3) is 0 Å². The average Bonchev–Trinajstić information content (AvgIpc) is 2.37. The Morgan fingerprint density at radius 3 is 3.18 bits per heavy atom. The van der Waals surface area contributed by atoms with Gasteiger partial charge in [-0.25, -0.2) is 0 Å². The maximum atomic E-state index is 8.16. The van der Waals surface area contributed by atoms with Crippen molar-refractivity contribution in [3.8, 4) is 6.19 Å². The van der Waals surface area contributed by atoms with E-state index in [1.54, 1.807) is 10.9 Å². The smallest absolute Gasteiger partial charge is 0.176 e. The van der Waals surface area contributed by atoms with Crippen LogP contribution in [0.5, 0.6) is 0 Å². The van der Waals surface area contributed by atoms with Gasteiger partial charge in [0.05, 0.1) is 12.7 Å². The summed E-state index contributed by atoms with van der Waals surface area (Å²) in [7, 11) is 0. The molecule has 0 radical (unpaired) electrons. The number of rotatable bonds is 3. The maximum Gasteiger partial charge on any atom is 0.176 e. The second-order valence-corrected chi connectivity index (χ2v) is 2.32. The molecule has 0 spiro atoms. The fourth-order valence-electron chi connectivity index (χ4n) is 0.816.